The van der Waals surface area contributed by atoms with Crippen LogP contribution >= 0.6 is 15.9 Å². The highest BCUT2D eigenvalue weighted by Crippen LogP contribution is 2.38. The summed E-state index contributed by atoms with van der Waals surface area (Å²) in [5.41, 5.74) is 5.81. The van der Waals surface area contributed by atoms with Crippen LogP contribution < -0.4 is 15.2 Å². The molecule has 80 valence electrons. The van der Waals surface area contributed by atoms with E-state index in [4.69, 9.17) is 15.2 Å². The van der Waals surface area contributed by atoms with Gasteiger partial charge in [0.1, 0.15) is 13.2 Å². The Balaban J connectivity index is 2.55. The predicted octanol–water partition coefficient (Wildman–Crippen LogP) is 1.36. The van der Waals surface area contributed by atoms with Gasteiger partial charge in [-0.15, -0.1) is 0 Å². The fraction of sp³-hybridized carbons (Fsp3) is 0.300. The average molecular weight is 272 g/mol. The highest BCUT2D eigenvalue weighted by atomic mass is 79.9. The number of benzene rings is 1. The van der Waals surface area contributed by atoms with E-state index in [1.54, 1.807) is 12.1 Å². The number of hydrogen-bond acceptors (Lipinski definition) is 4. The highest BCUT2D eigenvalue weighted by molar-refractivity contribution is 9.10. The second kappa shape index (κ2) is 4.20. The van der Waals surface area contributed by atoms with Gasteiger partial charge in [0.25, 0.3) is 0 Å². The van der Waals surface area contributed by atoms with Gasteiger partial charge in [-0.1, -0.05) is 0 Å². The molecule has 0 amide bonds. The van der Waals surface area contributed by atoms with Crippen molar-refractivity contribution in [1.29, 1.82) is 0 Å². The summed E-state index contributed by atoms with van der Waals surface area (Å²) in [4.78, 5) is 11.6. The largest absolute Gasteiger partial charge is 0.486 e. The zero-order valence-electron chi connectivity index (χ0n) is 7.96. The van der Waals surface area contributed by atoms with Crippen molar-refractivity contribution in [2.45, 2.75) is 0 Å². The van der Waals surface area contributed by atoms with Gasteiger partial charge in [0.2, 0.25) is 0 Å². The van der Waals surface area contributed by atoms with Crippen LogP contribution in [0.15, 0.2) is 16.6 Å². The van der Waals surface area contributed by atoms with Gasteiger partial charge < -0.3 is 15.2 Å². The van der Waals surface area contributed by atoms with Crippen LogP contribution in [0.25, 0.3) is 0 Å². The van der Waals surface area contributed by atoms with Crippen molar-refractivity contribution in [2.24, 2.45) is 5.73 Å². The molecule has 0 unspecified atom stereocenters. The van der Waals surface area contributed by atoms with Crippen LogP contribution in [0.5, 0.6) is 11.5 Å². The van der Waals surface area contributed by atoms with Gasteiger partial charge >= 0.3 is 0 Å². The molecule has 0 saturated heterocycles. The first kappa shape index (κ1) is 10.4. The molecule has 0 atom stereocenters. The average Bonchev–Trinajstić information content (AvgIpc) is 2.28. The molecule has 0 aliphatic carbocycles. The number of halogens is 1. The summed E-state index contributed by atoms with van der Waals surface area (Å²) >= 11 is 3.30. The van der Waals surface area contributed by atoms with Crippen LogP contribution in [0.1, 0.15) is 10.4 Å². The Morgan fingerprint density at radius 3 is 2.87 bits per heavy atom. The van der Waals surface area contributed by atoms with Crippen molar-refractivity contribution in [3.05, 3.63) is 22.2 Å². The second-order valence-corrected chi connectivity index (χ2v) is 3.93. The molecule has 1 aromatic rings. The Morgan fingerprint density at radius 2 is 2.13 bits per heavy atom. The number of hydrogen-bond donors (Lipinski definition) is 1. The summed E-state index contributed by atoms with van der Waals surface area (Å²) in [6.45, 7) is 0.914. The molecule has 1 aromatic carbocycles. The van der Waals surface area contributed by atoms with Crippen molar-refractivity contribution in [1.82, 2.24) is 0 Å². The first-order chi connectivity index (χ1) is 7.24. The molecule has 1 aliphatic rings. The third kappa shape index (κ3) is 1.85. The quantitative estimate of drug-likeness (QED) is 0.826. The zero-order valence-corrected chi connectivity index (χ0v) is 9.54. The minimum absolute atomic E-state index is 0.0432. The van der Waals surface area contributed by atoms with Crippen LogP contribution in [-0.2, 0) is 0 Å². The highest BCUT2D eigenvalue weighted by Gasteiger charge is 2.22. The number of nitrogens with two attached hydrogens (primary N) is 1. The Hall–Kier alpha value is -1.07. The number of rotatable bonds is 2. The van der Waals surface area contributed by atoms with E-state index in [2.05, 4.69) is 15.9 Å². The third-order valence-electron chi connectivity index (χ3n) is 2.12. The molecular formula is C10H10BrNO3. The van der Waals surface area contributed by atoms with Gasteiger partial charge in [0, 0.05) is 4.47 Å². The fourth-order valence-corrected chi connectivity index (χ4v) is 1.99. The maximum atomic E-state index is 11.6. The lowest BCUT2D eigenvalue weighted by Crippen LogP contribution is -2.21. The molecule has 2 N–H and O–H groups in total. The Labute approximate surface area is 95.5 Å². The third-order valence-corrected chi connectivity index (χ3v) is 2.78. The molecule has 15 heavy (non-hydrogen) atoms. The summed E-state index contributed by atoms with van der Waals surface area (Å²) in [5.74, 6) is 0.927. The number of carbonyl (C=O) groups is 1. The summed E-state index contributed by atoms with van der Waals surface area (Å²) in [6, 6.07) is 3.53. The maximum Gasteiger partial charge on any atom is 0.181 e. The van der Waals surface area contributed by atoms with Gasteiger partial charge in [-0.3, -0.25) is 4.79 Å². The second-order valence-electron chi connectivity index (χ2n) is 3.07. The predicted molar refractivity (Wildman–Crippen MR) is 58.5 cm³/mol. The lowest BCUT2D eigenvalue weighted by atomic mass is 10.1. The lowest BCUT2D eigenvalue weighted by molar-refractivity contribution is 0.0989. The van der Waals surface area contributed by atoms with E-state index in [0.717, 1.165) is 0 Å². The van der Waals surface area contributed by atoms with E-state index in [0.29, 0.717) is 34.7 Å². The zero-order chi connectivity index (χ0) is 10.8. The number of Topliss-reactive ketones (excluding diaryl/α,β-unsaturated/α-hetero) is 1. The minimum atomic E-state index is -0.163. The lowest BCUT2D eigenvalue weighted by Gasteiger charge is -2.21. The number of ketones is 1. The molecule has 0 radical (unpaired) electrons. The molecule has 0 fully saturated rings. The van der Waals surface area contributed by atoms with Crippen molar-refractivity contribution in [3.8, 4) is 11.5 Å². The van der Waals surface area contributed by atoms with E-state index >= 15 is 0 Å². The smallest absolute Gasteiger partial charge is 0.181 e. The van der Waals surface area contributed by atoms with E-state index in [-0.39, 0.29) is 12.3 Å². The van der Waals surface area contributed by atoms with Gasteiger partial charge in [-0.2, -0.15) is 0 Å². The monoisotopic (exact) mass is 271 g/mol. The SMILES string of the molecule is NCC(=O)c1c(Br)ccc2c1OCCO2. The van der Waals surface area contributed by atoms with Gasteiger partial charge in [-0.25, -0.2) is 0 Å². The first-order valence-electron chi connectivity index (χ1n) is 4.55. The topological polar surface area (TPSA) is 61.6 Å². The molecule has 0 aromatic heterocycles. The molecule has 0 saturated carbocycles. The molecule has 5 heteroatoms. The maximum absolute atomic E-state index is 11.6. The van der Waals surface area contributed by atoms with Crippen LogP contribution in [-0.4, -0.2) is 25.5 Å². The number of carbonyl (C=O) groups excluding carboxylic acids is 1. The number of fused-ring (bicyclic) bond motifs is 1. The van der Waals surface area contributed by atoms with E-state index in [1.807, 2.05) is 0 Å². The summed E-state index contributed by atoms with van der Waals surface area (Å²) in [6.07, 6.45) is 0. The van der Waals surface area contributed by atoms with Gasteiger partial charge in [-0.05, 0) is 28.1 Å². The van der Waals surface area contributed by atoms with E-state index in [1.165, 1.54) is 0 Å². The summed E-state index contributed by atoms with van der Waals surface area (Å²) in [7, 11) is 0. The van der Waals surface area contributed by atoms with Crippen LogP contribution in [0.4, 0.5) is 0 Å². The van der Waals surface area contributed by atoms with Crippen molar-refractivity contribution >= 4 is 21.7 Å². The molecule has 4 nitrogen and oxygen atoms in total. The van der Waals surface area contributed by atoms with Crippen LogP contribution in [0, 0.1) is 0 Å². The molecular weight excluding hydrogens is 262 g/mol. The molecule has 1 aliphatic heterocycles. The standard InChI is InChI=1S/C10H10BrNO3/c11-6-1-2-8-10(15-4-3-14-8)9(6)7(13)5-12/h1-2H,3-5,12H2. The Kier molecular flexibility index (Phi) is 2.93. The molecule has 2 rings (SSSR count). The van der Waals surface area contributed by atoms with Crippen molar-refractivity contribution in [3.63, 3.8) is 0 Å². The van der Waals surface area contributed by atoms with Crippen LogP contribution in [0.2, 0.25) is 0 Å². The molecule has 0 bridgehead atoms. The summed E-state index contributed by atoms with van der Waals surface area (Å²) < 4.78 is 11.5. The molecule has 0 spiro atoms. The Morgan fingerprint density at radius 1 is 1.40 bits per heavy atom. The number of ether oxygens (including phenoxy) is 2. The van der Waals surface area contributed by atoms with Crippen molar-refractivity contribution in [2.75, 3.05) is 19.8 Å². The molecule has 1 heterocycles. The summed E-state index contributed by atoms with van der Waals surface area (Å²) in [5, 5.41) is 0. The minimum Gasteiger partial charge on any atom is -0.486 e. The normalized spacial score (nSPS) is 13.7. The van der Waals surface area contributed by atoms with Gasteiger partial charge in [0.15, 0.2) is 17.3 Å². The van der Waals surface area contributed by atoms with Gasteiger partial charge in [0.05, 0.1) is 12.1 Å². The first-order valence-corrected chi connectivity index (χ1v) is 5.34. The van der Waals surface area contributed by atoms with Crippen LogP contribution in [0.3, 0.4) is 0 Å². The van der Waals surface area contributed by atoms with E-state index in [9.17, 15) is 4.79 Å². The van der Waals surface area contributed by atoms with Crippen molar-refractivity contribution < 1.29 is 14.3 Å². The fourth-order valence-electron chi connectivity index (χ4n) is 1.45. The Bertz CT molecular complexity index is 406. The van der Waals surface area contributed by atoms with E-state index < -0.39 is 0 Å².